The summed E-state index contributed by atoms with van der Waals surface area (Å²) in [5.74, 6) is 0.167. The maximum absolute atomic E-state index is 11.7. The summed E-state index contributed by atoms with van der Waals surface area (Å²) in [5, 5.41) is 13.2. The van der Waals surface area contributed by atoms with Crippen molar-refractivity contribution in [1.29, 1.82) is 5.26 Å². The summed E-state index contributed by atoms with van der Waals surface area (Å²) >= 11 is 5.91. The summed E-state index contributed by atoms with van der Waals surface area (Å²) in [4.78, 5) is 14.4. The molecule has 16 heavy (non-hydrogen) atoms. The number of halogens is 1. The van der Waals surface area contributed by atoms with Crippen LogP contribution in [0.4, 0.5) is 5.82 Å². The molecule has 0 aliphatic carbocycles. The minimum Gasteiger partial charge on any atom is -0.384 e. The van der Waals surface area contributed by atoms with Crippen molar-refractivity contribution < 1.29 is 0 Å². The Bertz CT molecular complexity index is 663. The van der Waals surface area contributed by atoms with Gasteiger partial charge in [0.05, 0.1) is 5.39 Å². The zero-order chi connectivity index (χ0) is 11.9. The second-order valence-corrected chi connectivity index (χ2v) is 3.56. The van der Waals surface area contributed by atoms with E-state index >= 15 is 0 Å². The lowest BCUT2D eigenvalue weighted by Crippen LogP contribution is -2.22. The number of nitriles is 1. The summed E-state index contributed by atoms with van der Waals surface area (Å²) in [6.07, 6.45) is 0. The van der Waals surface area contributed by atoms with Crippen LogP contribution in [-0.4, -0.2) is 14.8 Å². The molecule has 6 nitrogen and oxygen atoms in total. The van der Waals surface area contributed by atoms with Gasteiger partial charge >= 0.3 is 0 Å². The van der Waals surface area contributed by atoms with Gasteiger partial charge in [-0.3, -0.25) is 4.79 Å². The van der Waals surface area contributed by atoms with Crippen molar-refractivity contribution in [3.05, 3.63) is 20.9 Å². The zero-order valence-electron chi connectivity index (χ0n) is 8.41. The third-order valence-electron chi connectivity index (χ3n) is 2.28. The van der Waals surface area contributed by atoms with Gasteiger partial charge < -0.3 is 10.7 Å². The van der Waals surface area contributed by atoms with E-state index in [1.165, 1.54) is 4.68 Å². The molecule has 2 aromatic heterocycles. The van der Waals surface area contributed by atoms with Crippen molar-refractivity contribution in [1.82, 2.24) is 14.8 Å². The van der Waals surface area contributed by atoms with Gasteiger partial charge in [0.25, 0.3) is 5.56 Å². The molecular weight excluding hydrogens is 230 g/mol. The Labute approximate surface area is 95.2 Å². The number of nitrogens with zero attached hydrogens (tertiary/aromatic N) is 3. The Kier molecular flexibility index (Phi) is 2.33. The van der Waals surface area contributed by atoms with Crippen molar-refractivity contribution in [3.63, 3.8) is 0 Å². The summed E-state index contributed by atoms with van der Waals surface area (Å²) in [6, 6.07) is 1.89. The molecule has 0 saturated heterocycles. The van der Waals surface area contributed by atoms with Gasteiger partial charge in [0, 0.05) is 6.54 Å². The van der Waals surface area contributed by atoms with Gasteiger partial charge in [-0.05, 0) is 6.92 Å². The van der Waals surface area contributed by atoms with Crippen LogP contribution in [0.5, 0.6) is 0 Å². The highest BCUT2D eigenvalue weighted by atomic mass is 35.5. The predicted octanol–water partition coefficient (Wildman–Crippen LogP) is 0.852. The first-order valence-electron chi connectivity index (χ1n) is 4.58. The molecule has 3 N–H and O–H groups in total. The zero-order valence-corrected chi connectivity index (χ0v) is 9.17. The second-order valence-electron chi connectivity index (χ2n) is 3.18. The highest BCUT2D eigenvalue weighted by molar-refractivity contribution is 6.35. The van der Waals surface area contributed by atoms with Gasteiger partial charge in [-0.25, -0.2) is 4.68 Å². The number of aryl methyl sites for hydroxylation is 1. The Morgan fingerprint density at radius 3 is 2.94 bits per heavy atom. The van der Waals surface area contributed by atoms with E-state index in [1.807, 2.05) is 6.07 Å². The molecule has 0 aliphatic rings. The van der Waals surface area contributed by atoms with E-state index in [-0.39, 0.29) is 21.8 Å². The molecule has 0 unspecified atom stereocenters. The topological polar surface area (TPSA) is 100 Å². The highest BCUT2D eigenvalue weighted by Crippen LogP contribution is 2.26. The first kappa shape index (κ1) is 10.5. The summed E-state index contributed by atoms with van der Waals surface area (Å²) in [7, 11) is 0. The molecule has 0 saturated carbocycles. The maximum atomic E-state index is 11.7. The van der Waals surface area contributed by atoms with Crippen molar-refractivity contribution in [3.8, 4) is 6.07 Å². The van der Waals surface area contributed by atoms with Gasteiger partial charge in [-0.1, -0.05) is 11.6 Å². The minimum absolute atomic E-state index is 0.0312. The van der Waals surface area contributed by atoms with E-state index in [4.69, 9.17) is 22.6 Å². The molecule has 0 radical (unpaired) electrons. The van der Waals surface area contributed by atoms with E-state index in [0.29, 0.717) is 12.2 Å². The lowest BCUT2D eigenvalue weighted by Gasteiger charge is -2.01. The van der Waals surface area contributed by atoms with Crippen LogP contribution >= 0.6 is 11.6 Å². The summed E-state index contributed by atoms with van der Waals surface area (Å²) < 4.78 is 1.21. The second kappa shape index (κ2) is 3.54. The Morgan fingerprint density at radius 1 is 1.69 bits per heavy atom. The quantitative estimate of drug-likeness (QED) is 0.768. The number of anilines is 1. The fourth-order valence-corrected chi connectivity index (χ4v) is 1.79. The van der Waals surface area contributed by atoms with Crippen LogP contribution in [0.3, 0.4) is 0 Å². The van der Waals surface area contributed by atoms with E-state index in [1.54, 1.807) is 6.92 Å². The summed E-state index contributed by atoms with van der Waals surface area (Å²) in [5.41, 5.74) is 5.67. The van der Waals surface area contributed by atoms with Crippen molar-refractivity contribution in [2.45, 2.75) is 13.5 Å². The minimum atomic E-state index is -0.424. The Morgan fingerprint density at radius 2 is 2.38 bits per heavy atom. The molecule has 2 aromatic rings. The van der Waals surface area contributed by atoms with Crippen molar-refractivity contribution in [2.24, 2.45) is 0 Å². The number of hydrogen-bond acceptors (Lipinski definition) is 4. The van der Waals surface area contributed by atoms with Crippen LogP contribution < -0.4 is 11.3 Å². The van der Waals surface area contributed by atoms with Crippen LogP contribution in [0.2, 0.25) is 5.02 Å². The van der Waals surface area contributed by atoms with Crippen LogP contribution in [-0.2, 0) is 6.54 Å². The van der Waals surface area contributed by atoms with E-state index < -0.39 is 5.56 Å². The van der Waals surface area contributed by atoms with Gasteiger partial charge in [0.1, 0.15) is 22.5 Å². The maximum Gasteiger partial charge on any atom is 0.286 e. The molecule has 0 spiro atoms. The highest BCUT2D eigenvalue weighted by Gasteiger charge is 2.17. The van der Waals surface area contributed by atoms with Gasteiger partial charge in [0.15, 0.2) is 5.65 Å². The molecule has 0 amide bonds. The Balaban J connectivity index is 3.01. The van der Waals surface area contributed by atoms with Gasteiger partial charge in [-0.15, -0.1) is 0 Å². The fourth-order valence-electron chi connectivity index (χ4n) is 1.51. The molecule has 0 aliphatic heterocycles. The average molecular weight is 238 g/mol. The van der Waals surface area contributed by atoms with Gasteiger partial charge in [0.2, 0.25) is 0 Å². The number of aromatic amines is 1. The summed E-state index contributed by atoms with van der Waals surface area (Å²) in [6.45, 7) is 2.17. The third kappa shape index (κ3) is 1.26. The number of hydrogen-bond donors (Lipinski definition) is 2. The first-order chi connectivity index (χ1) is 7.60. The number of rotatable bonds is 1. The molecule has 0 fully saturated rings. The predicted molar refractivity (Wildman–Crippen MR) is 60.2 cm³/mol. The van der Waals surface area contributed by atoms with E-state index in [9.17, 15) is 4.79 Å². The van der Waals surface area contributed by atoms with Crippen LogP contribution in [0.25, 0.3) is 11.0 Å². The van der Waals surface area contributed by atoms with Crippen molar-refractivity contribution >= 4 is 28.5 Å². The number of nitrogens with one attached hydrogen (secondary N) is 1. The SMILES string of the molecule is CCn1nc2[nH]c(N)c(C#N)c2c(Cl)c1=O. The van der Waals surface area contributed by atoms with Crippen molar-refractivity contribution in [2.75, 3.05) is 5.73 Å². The molecular formula is C9H8ClN5O. The third-order valence-corrected chi connectivity index (χ3v) is 2.63. The number of nitrogen functional groups attached to an aromatic ring is 1. The molecule has 0 atom stereocenters. The smallest absolute Gasteiger partial charge is 0.286 e. The monoisotopic (exact) mass is 237 g/mol. The fraction of sp³-hybridized carbons (Fsp3) is 0.222. The number of H-pyrrole nitrogens is 1. The largest absolute Gasteiger partial charge is 0.384 e. The normalized spacial score (nSPS) is 10.6. The molecule has 2 heterocycles. The van der Waals surface area contributed by atoms with E-state index in [0.717, 1.165) is 0 Å². The van der Waals surface area contributed by atoms with Crippen LogP contribution in [0.1, 0.15) is 12.5 Å². The van der Waals surface area contributed by atoms with Gasteiger partial charge in [-0.2, -0.15) is 10.4 Å². The molecule has 2 rings (SSSR count). The molecule has 0 bridgehead atoms. The standard InChI is InChI=1S/C9H8ClN5O/c1-2-15-9(16)6(10)5-4(3-11)7(12)13-8(5)14-15/h2,12H2,1H3,(H,13,14). The lowest BCUT2D eigenvalue weighted by molar-refractivity contribution is 0.627. The number of aromatic nitrogens is 3. The molecule has 0 aromatic carbocycles. The molecule has 7 heteroatoms. The van der Waals surface area contributed by atoms with Crippen LogP contribution in [0, 0.1) is 11.3 Å². The van der Waals surface area contributed by atoms with Crippen LogP contribution in [0.15, 0.2) is 4.79 Å². The first-order valence-corrected chi connectivity index (χ1v) is 4.95. The lowest BCUT2D eigenvalue weighted by atomic mass is 10.2. The molecule has 82 valence electrons. The average Bonchev–Trinajstić information content (AvgIpc) is 2.59. The Hall–Kier alpha value is -2.00. The number of fused-ring (bicyclic) bond motifs is 1. The van der Waals surface area contributed by atoms with E-state index in [2.05, 4.69) is 10.1 Å². The number of nitrogens with two attached hydrogens (primary N) is 1.